The molecule has 4 aromatic rings. The van der Waals surface area contributed by atoms with Gasteiger partial charge in [0.2, 0.25) is 0 Å². The van der Waals surface area contributed by atoms with Crippen molar-refractivity contribution in [2.24, 2.45) is 4.40 Å². The molecule has 0 N–H and O–H groups in total. The SMILES string of the molecule is C1=NSc2ccccc2C1c1c2ccccc2nc2ccccc12. The van der Waals surface area contributed by atoms with E-state index in [2.05, 4.69) is 71.3 Å². The molecule has 114 valence electrons. The summed E-state index contributed by atoms with van der Waals surface area (Å²) < 4.78 is 4.56. The minimum absolute atomic E-state index is 0.153. The maximum absolute atomic E-state index is 4.84. The van der Waals surface area contributed by atoms with Crippen molar-refractivity contribution in [2.45, 2.75) is 10.8 Å². The van der Waals surface area contributed by atoms with Crippen LogP contribution in [0.3, 0.4) is 0 Å². The Morgan fingerprint density at radius 1 is 0.708 bits per heavy atom. The highest BCUT2D eigenvalue weighted by molar-refractivity contribution is 7.98. The molecule has 1 aromatic heterocycles. The third kappa shape index (κ3) is 2.05. The van der Waals surface area contributed by atoms with Gasteiger partial charge < -0.3 is 0 Å². The van der Waals surface area contributed by atoms with Gasteiger partial charge in [0.1, 0.15) is 0 Å². The Morgan fingerprint density at radius 3 is 2.08 bits per heavy atom. The van der Waals surface area contributed by atoms with Crippen molar-refractivity contribution in [3.63, 3.8) is 0 Å². The lowest BCUT2D eigenvalue weighted by Crippen LogP contribution is -2.08. The van der Waals surface area contributed by atoms with E-state index in [4.69, 9.17) is 4.98 Å². The minimum atomic E-state index is 0.153. The van der Waals surface area contributed by atoms with Gasteiger partial charge in [0.15, 0.2) is 0 Å². The maximum Gasteiger partial charge on any atom is 0.0712 e. The molecule has 2 nitrogen and oxygen atoms in total. The fourth-order valence-electron chi connectivity index (χ4n) is 3.49. The van der Waals surface area contributed by atoms with E-state index >= 15 is 0 Å². The molecule has 1 aliphatic heterocycles. The average Bonchev–Trinajstić information content (AvgIpc) is 2.66. The van der Waals surface area contributed by atoms with Crippen molar-refractivity contribution in [1.29, 1.82) is 0 Å². The van der Waals surface area contributed by atoms with Crippen LogP contribution in [0.4, 0.5) is 0 Å². The second kappa shape index (κ2) is 5.46. The molecule has 3 heteroatoms. The minimum Gasteiger partial charge on any atom is -0.248 e. The highest BCUT2D eigenvalue weighted by atomic mass is 32.2. The predicted octanol–water partition coefficient (Wildman–Crippen LogP) is 5.61. The van der Waals surface area contributed by atoms with Crippen LogP contribution in [0, 0.1) is 0 Å². The molecule has 5 rings (SSSR count). The van der Waals surface area contributed by atoms with E-state index in [-0.39, 0.29) is 5.92 Å². The standard InChI is InChI=1S/C21H14N2S/c1-4-10-18-15(8-1)21(16-9-2-5-11-19(16)23-18)17-13-22-24-20-12-6-3-7-14(17)20/h1-13,17H. The van der Waals surface area contributed by atoms with Crippen LogP contribution in [-0.2, 0) is 0 Å². The summed E-state index contributed by atoms with van der Waals surface area (Å²) in [4.78, 5) is 6.07. The second-order valence-electron chi connectivity index (χ2n) is 5.92. The van der Waals surface area contributed by atoms with Gasteiger partial charge in [-0.3, -0.25) is 0 Å². The number of para-hydroxylation sites is 2. The number of fused-ring (bicyclic) bond motifs is 3. The topological polar surface area (TPSA) is 25.2 Å². The van der Waals surface area contributed by atoms with Crippen molar-refractivity contribution in [2.75, 3.05) is 0 Å². The van der Waals surface area contributed by atoms with Crippen LogP contribution in [0.1, 0.15) is 17.0 Å². The Labute approximate surface area is 144 Å². The largest absolute Gasteiger partial charge is 0.248 e. The molecule has 24 heavy (non-hydrogen) atoms. The first-order chi connectivity index (χ1) is 11.9. The quantitative estimate of drug-likeness (QED) is 0.335. The molecule has 3 aromatic carbocycles. The zero-order chi connectivity index (χ0) is 15.9. The fraction of sp³-hybridized carbons (Fsp3) is 0.0476. The Morgan fingerprint density at radius 2 is 1.33 bits per heavy atom. The summed E-state index contributed by atoms with van der Waals surface area (Å²) in [5.74, 6) is 0.153. The Hall–Kier alpha value is -2.65. The molecule has 0 spiro atoms. The highest BCUT2D eigenvalue weighted by Gasteiger charge is 2.23. The first-order valence-electron chi connectivity index (χ1n) is 7.98. The Bertz CT molecular complexity index is 1050. The van der Waals surface area contributed by atoms with Crippen molar-refractivity contribution >= 4 is 40.0 Å². The molecule has 0 aliphatic carbocycles. The van der Waals surface area contributed by atoms with E-state index < -0.39 is 0 Å². The Balaban J connectivity index is 1.91. The normalized spacial score (nSPS) is 16.4. The number of benzene rings is 3. The first kappa shape index (κ1) is 13.8. The van der Waals surface area contributed by atoms with Crippen LogP contribution in [0.5, 0.6) is 0 Å². The van der Waals surface area contributed by atoms with Crippen LogP contribution in [-0.4, -0.2) is 11.2 Å². The molecule has 1 unspecified atom stereocenters. The molecular weight excluding hydrogens is 312 g/mol. The number of hydrogen-bond donors (Lipinski definition) is 0. The van der Waals surface area contributed by atoms with Gasteiger partial charge in [-0.25, -0.2) is 9.38 Å². The molecule has 0 bridgehead atoms. The van der Waals surface area contributed by atoms with Crippen LogP contribution in [0.25, 0.3) is 21.8 Å². The third-order valence-electron chi connectivity index (χ3n) is 4.56. The summed E-state index contributed by atoms with van der Waals surface area (Å²) in [6.45, 7) is 0. The van der Waals surface area contributed by atoms with Crippen molar-refractivity contribution in [3.05, 3.63) is 83.9 Å². The molecule has 0 radical (unpaired) electrons. The molecule has 2 heterocycles. The van der Waals surface area contributed by atoms with Crippen LogP contribution >= 0.6 is 11.9 Å². The van der Waals surface area contributed by atoms with Crippen molar-refractivity contribution < 1.29 is 0 Å². The maximum atomic E-state index is 4.84. The van der Waals surface area contributed by atoms with Gasteiger partial charge in [-0.05, 0) is 29.3 Å². The summed E-state index contributed by atoms with van der Waals surface area (Å²) in [6.07, 6.45) is 2.07. The van der Waals surface area contributed by atoms with Gasteiger partial charge in [-0.15, -0.1) is 0 Å². The summed E-state index contributed by atoms with van der Waals surface area (Å²) in [7, 11) is 0. The van der Waals surface area contributed by atoms with E-state index in [0.29, 0.717) is 0 Å². The molecule has 0 amide bonds. The number of pyridine rings is 1. The zero-order valence-corrected chi connectivity index (χ0v) is 13.7. The summed E-state index contributed by atoms with van der Waals surface area (Å²) >= 11 is 1.55. The summed E-state index contributed by atoms with van der Waals surface area (Å²) in [5, 5.41) is 2.41. The third-order valence-corrected chi connectivity index (χ3v) is 5.35. The second-order valence-corrected chi connectivity index (χ2v) is 6.75. The smallest absolute Gasteiger partial charge is 0.0712 e. The average molecular weight is 326 g/mol. The van der Waals surface area contributed by atoms with Crippen LogP contribution in [0.15, 0.2) is 82.1 Å². The van der Waals surface area contributed by atoms with Gasteiger partial charge in [0.05, 0.1) is 11.0 Å². The van der Waals surface area contributed by atoms with E-state index in [1.54, 1.807) is 11.9 Å². The van der Waals surface area contributed by atoms with Gasteiger partial charge in [0.25, 0.3) is 0 Å². The lowest BCUT2D eigenvalue weighted by Gasteiger charge is -2.22. The van der Waals surface area contributed by atoms with Crippen molar-refractivity contribution in [1.82, 2.24) is 4.98 Å². The summed E-state index contributed by atoms with van der Waals surface area (Å²) in [6, 6.07) is 25.3. The van der Waals surface area contributed by atoms with Gasteiger partial charge >= 0.3 is 0 Å². The van der Waals surface area contributed by atoms with E-state index in [1.807, 2.05) is 12.1 Å². The lowest BCUT2D eigenvalue weighted by molar-refractivity contribution is 1.07. The van der Waals surface area contributed by atoms with Gasteiger partial charge in [0, 0.05) is 39.7 Å². The number of aromatic nitrogens is 1. The molecule has 0 fully saturated rings. The summed E-state index contributed by atoms with van der Waals surface area (Å²) in [5.41, 5.74) is 4.69. The van der Waals surface area contributed by atoms with Gasteiger partial charge in [-0.2, -0.15) is 0 Å². The lowest BCUT2D eigenvalue weighted by atomic mass is 9.87. The highest BCUT2D eigenvalue weighted by Crippen LogP contribution is 2.41. The van der Waals surface area contributed by atoms with Gasteiger partial charge in [-0.1, -0.05) is 54.6 Å². The first-order valence-corrected chi connectivity index (χ1v) is 8.76. The number of rotatable bonds is 1. The predicted molar refractivity (Wildman–Crippen MR) is 102 cm³/mol. The van der Waals surface area contributed by atoms with Crippen LogP contribution in [0.2, 0.25) is 0 Å². The van der Waals surface area contributed by atoms with E-state index in [0.717, 1.165) is 11.0 Å². The molecule has 1 atom stereocenters. The molecule has 1 aliphatic rings. The number of nitrogens with zero attached hydrogens (tertiary/aromatic N) is 2. The van der Waals surface area contributed by atoms with E-state index in [9.17, 15) is 0 Å². The molecule has 0 saturated carbocycles. The number of hydrogen-bond acceptors (Lipinski definition) is 3. The van der Waals surface area contributed by atoms with Crippen LogP contribution < -0.4 is 0 Å². The van der Waals surface area contributed by atoms with E-state index in [1.165, 1.54) is 26.8 Å². The Kier molecular flexibility index (Phi) is 3.13. The monoisotopic (exact) mass is 326 g/mol. The molecular formula is C21H14N2S. The fourth-order valence-corrected chi connectivity index (χ4v) is 4.22. The van der Waals surface area contributed by atoms with Crippen molar-refractivity contribution in [3.8, 4) is 0 Å². The molecule has 0 saturated heterocycles. The zero-order valence-electron chi connectivity index (χ0n) is 12.9.